The van der Waals surface area contributed by atoms with Crippen LogP contribution in [-0.2, 0) is 6.54 Å². The van der Waals surface area contributed by atoms with Crippen LogP contribution < -0.4 is 14.8 Å². The van der Waals surface area contributed by atoms with Gasteiger partial charge < -0.3 is 19.9 Å². The number of benzene rings is 2. The van der Waals surface area contributed by atoms with Crippen LogP contribution >= 0.6 is 0 Å². The van der Waals surface area contributed by atoms with Crippen LogP contribution in [0.4, 0.5) is 5.69 Å². The lowest BCUT2D eigenvalue weighted by Gasteiger charge is -2.18. The van der Waals surface area contributed by atoms with Gasteiger partial charge in [0, 0.05) is 41.9 Å². The van der Waals surface area contributed by atoms with E-state index < -0.39 is 4.92 Å². The average Bonchev–Trinajstić information content (AvgIpc) is 2.59. The molecule has 24 heavy (non-hydrogen) atoms. The lowest BCUT2D eigenvalue weighted by molar-refractivity contribution is -0.384. The number of aromatic hydroxyl groups is 1. The summed E-state index contributed by atoms with van der Waals surface area (Å²) in [5.74, 6) is 1.39. The van der Waals surface area contributed by atoms with E-state index in [0.29, 0.717) is 17.1 Å². The minimum absolute atomic E-state index is 0.0157. The summed E-state index contributed by atoms with van der Waals surface area (Å²) in [4.78, 5) is 10.4. The first-order valence-electron chi connectivity index (χ1n) is 7.37. The van der Waals surface area contributed by atoms with Gasteiger partial charge in [-0.25, -0.2) is 0 Å². The molecule has 7 heteroatoms. The van der Waals surface area contributed by atoms with Crippen molar-refractivity contribution in [1.29, 1.82) is 0 Å². The molecule has 0 aliphatic rings. The van der Waals surface area contributed by atoms with Crippen LogP contribution in [0.15, 0.2) is 36.4 Å². The highest BCUT2D eigenvalue weighted by Gasteiger charge is 2.15. The molecule has 2 aromatic rings. The molecule has 0 aromatic heterocycles. The zero-order valence-electron chi connectivity index (χ0n) is 13.8. The fourth-order valence-electron chi connectivity index (χ4n) is 2.38. The number of rotatable bonds is 7. The quantitative estimate of drug-likeness (QED) is 0.597. The lowest BCUT2D eigenvalue weighted by atomic mass is 10.1. The van der Waals surface area contributed by atoms with Gasteiger partial charge in [0.15, 0.2) is 0 Å². The van der Waals surface area contributed by atoms with E-state index in [1.165, 1.54) is 18.2 Å². The minimum Gasteiger partial charge on any atom is -0.508 e. The molecule has 0 fully saturated rings. The number of phenolic OH excluding ortho intramolecular Hbond substituents is 1. The van der Waals surface area contributed by atoms with Crippen molar-refractivity contribution in [2.45, 2.75) is 19.5 Å². The summed E-state index contributed by atoms with van der Waals surface area (Å²) >= 11 is 0. The Hall–Kier alpha value is -2.80. The predicted octanol–water partition coefficient (Wildman–Crippen LogP) is 3.17. The van der Waals surface area contributed by atoms with Crippen molar-refractivity contribution in [3.05, 3.63) is 57.6 Å². The van der Waals surface area contributed by atoms with E-state index in [4.69, 9.17) is 9.47 Å². The van der Waals surface area contributed by atoms with Gasteiger partial charge in [0.05, 0.1) is 19.1 Å². The second kappa shape index (κ2) is 7.65. The molecular weight excluding hydrogens is 312 g/mol. The maximum atomic E-state index is 10.8. The largest absolute Gasteiger partial charge is 0.508 e. The Balaban J connectivity index is 2.15. The van der Waals surface area contributed by atoms with Crippen molar-refractivity contribution < 1.29 is 19.5 Å². The third-order valence-electron chi connectivity index (χ3n) is 3.78. The van der Waals surface area contributed by atoms with Crippen molar-refractivity contribution in [3.63, 3.8) is 0 Å². The van der Waals surface area contributed by atoms with E-state index in [1.54, 1.807) is 20.3 Å². The van der Waals surface area contributed by atoms with Crippen LogP contribution in [0.25, 0.3) is 0 Å². The van der Waals surface area contributed by atoms with Gasteiger partial charge in [-0.1, -0.05) is 6.07 Å². The second-order valence-electron chi connectivity index (χ2n) is 5.28. The number of nitro groups is 1. The number of hydrogen-bond acceptors (Lipinski definition) is 6. The normalized spacial score (nSPS) is 11.8. The Morgan fingerprint density at radius 2 is 1.96 bits per heavy atom. The maximum absolute atomic E-state index is 10.8. The van der Waals surface area contributed by atoms with Gasteiger partial charge in [-0.15, -0.1) is 0 Å². The van der Waals surface area contributed by atoms with E-state index in [1.807, 2.05) is 19.1 Å². The topological polar surface area (TPSA) is 93.9 Å². The van der Waals surface area contributed by atoms with Crippen molar-refractivity contribution in [2.24, 2.45) is 0 Å². The van der Waals surface area contributed by atoms with Crippen molar-refractivity contribution in [1.82, 2.24) is 5.32 Å². The molecule has 7 nitrogen and oxygen atoms in total. The molecule has 0 unspecified atom stereocenters. The summed E-state index contributed by atoms with van der Waals surface area (Å²) in [6, 6.07) is 9.38. The van der Waals surface area contributed by atoms with Gasteiger partial charge >= 0.3 is 0 Å². The fraction of sp³-hybridized carbons (Fsp3) is 0.294. The summed E-state index contributed by atoms with van der Waals surface area (Å²) in [6.07, 6.45) is 0. The average molecular weight is 332 g/mol. The number of nitro benzene ring substituents is 1. The molecule has 0 spiro atoms. The molecule has 0 radical (unpaired) electrons. The van der Waals surface area contributed by atoms with E-state index in [-0.39, 0.29) is 24.0 Å². The molecule has 0 saturated carbocycles. The first-order valence-corrected chi connectivity index (χ1v) is 7.37. The summed E-state index contributed by atoms with van der Waals surface area (Å²) in [6.45, 7) is 2.22. The molecule has 0 aliphatic heterocycles. The second-order valence-corrected chi connectivity index (χ2v) is 5.28. The number of non-ortho nitro benzene ring substituents is 1. The molecule has 128 valence electrons. The summed E-state index contributed by atoms with van der Waals surface area (Å²) < 4.78 is 10.6. The fourth-order valence-corrected chi connectivity index (χ4v) is 2.38. The Bertz CT molecular complexity index is 733. The molecule has 0 saturated heterocycles. The SMILES string of the molecule is COc1ccc([C@@H](C)NCc2cc([N+](=O)[O-])ccc2O)c(OC)c1. The molecule has 0 amide bonds. The standard InChI is InChI=1S/C17H20N2O5/c1-11(15-6-5-14(23-2)9-17(15)24-3)18-10-12-8-13(19(21)22)4-7-16(12)20/h4-9,11,18,20H,10H2,1-3H3/t11-/m1/s1. The van der Waals surface area contributed by atoms with Gasteiger partial charge in [0.25, 0.3) is 5.69 Å². The minimum atomic E-state index is -0.487. The van der Waals surface area contributed by atoms with E-state index in [2.05, 4.69) is 5.32 Å². The van der Waals surface area contributed by atoms with Crippen LogP contribution in [0.1, 0.15) is 24.1 Å². The molecule has 0 aliphatic carbocycles. The lowest BCUT2D eigenvalue weighted by Crippen LogP contribution is -2.19. The summed E-state index contributed by atoms with van der Waals surface area (Å²) in [7, 11) is 3.17. The van der Waals surface area contributed by atoms with Crippen LogP contribution in [0.2, 0.25) is 0 Å². The Kier molecular flexibility index (Phi) is 5.59. The third kappa shape index (κ3) is 3.94. The number of hydrogen-bond donors (Lipinski definition) is 2. The van der Waals surface area contributed by atoms with Gasteiger partial charge in [0.2, 0.25) is 0 Å². The maximum Gasteiger partial charge on any atom is 0.270 e. The third-order valence-corrected chi connectivity index (χ3v) is 3.78. The molecular formula is C17H20N2O5. The van der Waals surface area contributed by atoms with Crippen LogP contribution in [-0.4, -0.2) is 24.2 Å². The van der Waals surface area contributed by atoms with E-state index >= 15 is 0 Å². The van der Waals surface area contributed by atoms with E-state index in [0.717, 1.165) is 5.56 Å². The van der Waals surface area contributed by atoms with Crippen molar-refractivity contribution in [3.8, 4) is 17.2 Å². The summed E-state index contributed by atoms with van der Waals surface area (Å²) in [5, 5.41) is 23.9. The van der Waals surface area contributed by atoms with Crippen LogP contribution in [0.3, 0.4) is 0 Å². The van der Waals surface area contributed by atoms with E-state index in [9.17, 15) is 15.2 Å². The van der Waals surface area contributed by atoms with Crippen LogP contribution in [0.5, 0.6) is 17.2 Å². The highest BCUT2D eigenvalue weighted by molar-refractivity contribution is 5.44. The zero-order chi connectivity index (χ0) is 17.7. The van der Waals surface area contributed by atoms with Crippen LogP contribution in [0, 0.1) is 10.1 Å². The number of nitrogens with zero attached hydrogens (tertiary/aromatic N) is 1. The summed E-state index contributed by atoms with van der Waals surface area (Å²) in [5.41, 5.74) is 1.33. The molecule has 2 rings (SSSR count). The van der Waals surface area contributed by atoms with Crippen molar-refractivity contribution in [2.75, 3.05) is 14.2 Å². The van der Waals surface area contributed by atoms with Gasteiger partial charge in [0.1, 0.15) is 17.2 Å². The molecule has 1 atom stereocenters. The molecule has 2 N–H and O–H groups in total. The zero-order valence-corrected chi connectivity index (χ0v) is 13.8. The highest BCUT2D eigenvalue weighted by atomic mass is 16.6. The van der Waals surface area contributed by atoms with Crippen molar-refractivity contribution >= 4 is 5.69 Å². The molecule has 0 bridgehead atoms. The number of nitrogens with one attached hydrogen (secondary N) is 1. The molecule has 0 heterocycles. The van der Waals surface area contributed by atoms with Gasteiger partial charge in [-0.2, -0.15) is 0 Å². The van der Waals surface area contributed by atoms with Gasteiger partial charge in [-0.05, 0) is 19.1 Å². The molecule has 2 aromatic carbocycles. The van der Waals surface area contributed by atoms with Gasteiger partial charge in [-0.3, -0.25) is 10.1 Å². The Morgan fingerprint density at radius 3 is 2.58 bits per heavy atom. The Morgan fingerprint density at radius 1 is 1.21 bits per heavy atom. The number of phenols is 1. The first kappa shape index (κ1) is 17.6. The Labute approximate surface area is 140 Å². The number of ether oxygens (including phenoxy) is 2. The highest BCUT2D eigenvalue weighted by Crippen LogP contribution is 2.30. The monoisotopic (exact) mass is 332 g/mol. The predicted molar refractivity (Wildman–Crippen MR) is 89.6 cm³/mol. The first-order chi connectivity index (χ1) is 11.5. The number of methoxy groups -OCH3 is 2. The smallest absolute Gasteiger partial charge is 0.270 e.